The number of carbonyl (C=O) groups is 2. The van der Waals surface area contributed by atoms with Crippen molar-refractivity contribution in [1.82, 2.24) is 5.32 Å². The highest BCUT2D eigenvalue weighted by atomic mass is 16.5. The van der Waals surface area contributed by atoms with Gasteiger partial charge in [-0.05, 0) is 31.5 Å². The third-order valence-electron chi connectivity index (χ3n) is 4.64. The third kappa shape index (κ3) is 3.08. The number of ketones is 1. The predicted octanol–water partition coefficient (Wildman–Crippen LogP) is 3.82. The normalized spacial score (nSPS) is 14.3. The number of rotatable bonds is 5. The number of fused-ring (bicyclic) bond motifs is 2. The molecular formula is C21H19NO4. The number of para-hydroxylation sites is 1. The van der Waals surface area contributed by atoms with Crippen molar-refractivity contribution in [2.45, 2.75) is 25.8 Å². The van der Waals surface area contributed by atoms with Crippen LogP contribution in [0.1, 0.15) is 41.1 Å². The molecule has 0 bridgehead atoms. The predicted molar refractivity (Wildman–Crippen MR) is 97.4 cm³/mol. The summed E-state index contributed by atoms with van der Waals surface area (Å²) in [5.74, 6) is 1.21. The van der Waals surface area contributed by atoms with Gasteiger partial charge in [0.25, 0.3) is 5.91 Å². The molecular weight excluding hydrogens is 330 g/mol. The maximum absolute atomic E-state index is 12.2. The average Bonchev–Trinajstić information content (AvgIpc) is 3.24. The van der Waals surface area contributed by atoms with Crippen LogP contribution in [-0.2, 0) is 11.2 Å². The molecule has 5 heteroatoms. The zero-order valence-electron chi connectivity index (χ0n) is 14.5. The van der Waals surface area contributed by atoms with E-state index in [9.17, 15) is 9.59 Å². The first-order valence-electron chi connectivity index (χ1n) is 8.67. The fourth-order valence-electron chi connectivity index (χ4n) is 3.31. The molecule has 0 unspecified atom stereocenters. The maximum Gasteiger partial charge on any atom is 0.258 e. The molecule has 3 aromatic rings. The van der Waals surface area contributed by atoms with Crippen LogP contribution in [0.5, 0.6) is 5.75 Å². The number of nitrogens with one attached hydrogen (secondary N) is 1. The number of benzene rings is 2. The summed E-state index contributed by atoms with van der Waals surface area (Å²) < 4.78 is 11.4. The van der Waals surface area contributed by atoms with Gasteiger partial charge in [-0.3, -0.25) is 9.59 Å². The molecule has 0 saturated carbocycles. The van der Waals surface area contributed by atoms with Gasteiger partial charge in [-0.2, -0.15) is 0 Å². The van der Waals surface area contributed by atoms with E-state index >= 15 is 0 Å². The Morgan fingerprint density at radius 1 is 1.19 bits per heavy atom. The smallest absolute Gasteiger partial charge is 0.258 e. The molecule has 1 amide bonds. The number of ether oxygens (including phenoxy) is 1. The summed E-state index contributed by atoms with van der Waals surface area (Å²) >= 11 is 0. The monoisotopic (exact) mass is 349 g/mol. The summed E-state index contributed by atoms with van der Waals surface area (Å²) in [5, 5.41) is 3.88. The number of hydrogen-bond acceptors (Lipinski definition) is 4. The van der Waals surface area contributed by atoms with Gasteiger partial charge < -0.3 is 14.5 Å². The van der Waals surface area contributed by atoms with E-state index < -0.39 is 0 Å². The molecule has 0 spiro atoms. The van der Waals surface area contributed by atoms with Crippen molar-refractivity contribution in [3.8, 4) is 5.75 Å². The summed E-state index contributed by atoms with van der Waals surface area (Å²) in [4.78, 5) is 24.0. The van der Waals surface area contributed by atoms with E-state index in [2.05, 4.69) is 5.32 Å². The Morgan fingerprint density at radius 3 is 2.88 bits per heavy atom. The molecule has 26 heavy (non-hydrogen) atoms. The zero-order chi connectivity index (χ0) is 18.1. The Bertz CT molecular complexity index is 956. The van der Waals surface area contributed by atoms with Gasteiger partial charge in [-0.15, -0.1) is 0 Å². The maximum atomic E-state index is 12.2. The van der Waals surface area contributed by atoms with Crippen molar-refractivity contribution < 1.29 is 18.7 Å². The van der Waals surface area contributed by atoms with Crippen molar-refractivity contribution in [3.05, 3.63) is 65.4 Å². The van der Waals surface area contributed by atoms with Crippen LogP contribution in [0.2, 0.25) is 0 Å². The van der Waals surface area contributed by atoms with Crippen molar-refractivity contribution in [2.24, 2.45) is 0 Å². The minimum atomic E-state index is -0.262. The molecule has 4 rings (SSSR count). The number of Topliss-reactive ketones (excluding diaryl/α,β-unsaturated/α-hetero) is 1. The topological polar surface area (TPSA) is 68.5 Å². The van der Waals surface area contributed by atoms with Gasteiger partial charge in [-0.1, -0.05) is 30.3 Å². The Hall–Kier alpha value is -3.08. The van der Waals surface area contributed by atoms with Crippen molar-refractivity contribution in [1.29, 1.82) is 0 Å². The van der Waals surface area contributed by atoms with Gasteiger partial charge in [0.1, 0.15) is 17.1 Å². The number of hydrogen-bond donors (Lipinski definition) is 1. The summed E-state index contributed by atoms with van der Waals surface area (Å²) in [6, 6.07) is 14.8. The van der Waals surface area contributed by atoms with Gasteiger partial charge in [-0.25, -0.2) is 0 Å². The second kappa shape index (κ2) is 6.67. The standard InChI is InChI=1S/C21H19NO4/c1-13(20-11-14-5-2-3-7-18(14)26-20)22-21(24)12-25-19-8-4-6-15-16(19)9-10-17(15)23/h2-8,11,13H,9-10,12H2,1H3,(H,22,24)/t13-/m0/s1. The minimum absolute atomic E-state index is 0.102. The highest BCUT2D eigenvalue weighted by Gasteiger charge is 2.23. The second-order valence-corrected chi connectivity index (χ2v) is 6.47. The summed E-state index contributed by atoms with van der Waals surface area (Å²) in [5.41, 5.74) is 2.40. The van der Waals surface area contributed by atoms with Crippen molar-refractivity contribution in [3.63, 3.8) is 0 Å². The molecule has 1 heterocycles. The van der Waals surface area contributed by atoms with E-state index in [1.54, 1.807) is 18.2 Å². The first-order chi connectivity index (χ1) is 12.6. The molecule has 1 atom stereocenters. The highest BCUT2D eigenvalue weighted by molar-refractivity contribution is 6.01. The van der Waals surface area contributed by atoms with E-state index in [0.717, 1.165) is 16.5 Å². The minimum Gasteiger partial charge on any atom is -0.483 e. The molecule has 0 saturated heterocycles. The van der Waals surface area contributed by atoms with Crippen molar-refractivity contribution >= 4 is 22.7 Å². The molecule has 0 aliphatic heterocycles. The van der Waals surface area contributed by atoms with Crippen LogP contribution in [0, 0.1) is 0 Å². The van der Waals surface area contributed by atoms with E-state index in [4.69, 9.17) is 9.15 Å². The van der Waals surface area contributed by atoms with Crippen molar-refractivity contribution in [2.75, 3.05) is 6.61 Å². The lowest BCUT2D eigenvalue weighted by Gasteiger charge is -2.13. The molecule has 2 aromatic carbocycles. The quantitative estimate of drug-likeness (QED) is 0.760. The molecule has 1 N–H and O–H groups in total. The fraction of sp³-hybridized carbons (Fsp3) is 0.238. The highest BCUT2D eigenvalue weighted by Crippen LogP contribution is 2.30. The Kier molecular flexibility index (Phi) is 4.21. The zero-order valence-corrected chi connectivity index (χ0v) is 14.5. The van der Waals surface area contributed by atoms with Crippen LogP contribution in [0.4, 0.5) is 0 Å². The average molecular weight is 349 g/mol. The van der Waals surface area contributed by atoms with Crippen LogP contribution in [-0.4, -0.2) is 18.3 Å². The van der Waals surface area contributed by atoms with Gasteiger partial charge in [0, 0.05) is 22.9 Å². The summed E-state index contributed by atoms with van der Waals surface area (Å²) in [7, 11) is 0. The Morgan fingerprint density at radius 2 is 2.04 bits per heavy atom. The SMILES string of the molecule is C[C@H](NC(=O)COc1cccc2c1CCC2=O)c1cc2ccccc2o1. The Balaban J connectivity index is 1.39. The van der Waals surface area contributed by atoms with Crippen LogP contribution in [0.25, 0.3) is 11.0 Å². The first kappa shape index (κ1) is 16.4. The molecule has 0 fully saturated rings. The van der Waals surface area contributed by atoms with Crippen LogP contribution < -0.4 is 10.1 Å². The lowest BCUT2D eigenvalue weighted by molar-refractivity contribution is -0.123. The molecule has 1 aliphatic rings. The third-order valence-corrected chi connectivity index (χ3v) is 4.64. The summed E-state index contributed by atoms with van der Waals surface area (Å²) in [6.07, 6.45) is 1.17. The lowest BCUT2D eigenvalue weighted by atomic mass is 10.1. The van der Waals surface area contributed by atoms with E-state index in [1.165, 1.54) is 0 Å². The van der Waals surface area contributed by atoms with Gasteiger partial charge in [0.2, 0.25) is 0 Å². The molecule has 0 radical (unpaired) electrons. The molecule has 5 nitrogen and oxygen atoms in total. The van der Waals surface area contributed by atoms with E-state index in [-0.39, 0.29) is 24.3 Å². The largest absolute Gasteiger partial charge is 0.483 e. The number of carbonyl (C=O) groups excluding carboxylic acids is 2. The Labute approximate surface area is 150 Å². The number of furan rings is 1. The van der Waals surface area contributed by atoms with E-state index in [1.807, 2.05) is 37.3 Å². The van der Waals surface area contributed by atoms with Crippen LogP contribution in [0.15, 0.2) is 52.9 Å². The second-order valence-electron chi connectivity index (χ2n) is 6.47. The van der Waals surface area contributed by atoms with E-state index in [0.29, 0.717) is 29.9 Å². The van der Waals surface area contributed by atoms with Gasteiger partial charge in [0.05, 0.1) is 6.04 Å². The van der Waals surface area contributed by atoms with Gasteiger partial charge in [0.15, 0.2) is 12.4 Å². The summed E-state index contributed by atoms with van der Waals surface area (Å²) in [6.45, 7) is 1.77. The molecule has 1 aromatic heterocycles. The van der Waals surface area contributed by atoms with Crippen LogP contribution >= 0.6 is 0 Å². The lowest BCUT2D eigenvalue weighted by Crippen LogP contribution is -2.31. The molecule has 132 valence electrons. The fourth-order valence-corrected chi connectivity index (χ4v) is 3.31. The number of amides is 1. The van der Waals surface area contributed by atoms with Gasteiger partial charge >= 0.3 is 0 Å². The molecule has 1 aliphatic carbocycles. The van der Waals surface area contributed by atoms with Crippen LogP contribution in [0.3, 0.4) is 0 Å². The first-order valence-corrected chi connectivity index (χ1v) is 8.67.